The van der Waals surface area contributed by atoms with Gasteiger partial charge in [-0.15, -0.1) is 0 Å². The highest BCUT2D eigenvalue weighted by Gasteiger charge is 2.05. The Hall–Kier alpha value is -3.68. The molecule has 0 aliphatic carbocycles. The number of rotatable bonds is 7. The van der Waals surface area contributed by atoms with Gasteiger partial charge in [0, 0.05) is 12.8 Å². The maximum Gasteiger partial charge on any atom is 0.240 e. The molecule has 26 heavy (non-hydrogen) atoms. The first-order valence-corrected chi connectivity index (χ1v) is 7.75. The lowest BCUT2D eigenvalue weighted by Crippen LogP contribution is -2.22. The Bertz CT molecular complexity index is 764. The first kappa shape index (κ1) is 18.7. The molecule has 0 spiro atoms. The van der Waals surface area contributed by atoms with Crippen LogP contribution in [0.25, 0.3) is 0 Å². The van der Waals surface area contributed by atoms with E-state index < -0.39 is 11.8 Å². The Morgan fingerprint density at radius 1 is 0.808 bits per heavy atom. The van der Waals surface area contributed by atoms with E-state index in [4.69, 9.17) is 0 Å². The average Bonchev–Trinajstić information content (AvgIpc) is 2.60. The molecular formula is C18H18N4O4. The van der Waals surface area contributed by atoms with Crippen LogP contribution in [0.1, 0.15) is 24.0 Å². The predicted molar refractivity (Wildman–Crippen MR) is 96.9 cm³/mol. The molecule has 0 aliphatic rings. The maximum absolute atomic E-state index is 11.6. The average molecular weight is 354 g/mol. The maximum atomic E-state index is 11.6. The lowest BCUT2D eigenvalue weighted by molar-refractivity contribution is -0.126. The van der Waals surface area contributed by atoms with Gasteiger partial charge in [0.2, 0.25) is 11.8 Å². The van der Waals surface area contributed by atoms with E-state index in [0.29, 0.717) is 11.1 Å². The second-order valence-electron chi connectivity index (χ2n) is 5.28. The van der Waals surface area contributed by atoms with Gasteiger partial charge in [-0.25, -0.2) is 10.9 Å². The van der Waals surface area contributed by atoms with Crippen molar-refractivity contribution >= 4 is 24.2 Å². The zero-order valence-corrected chi connectivity index (χ0v) is 13.8. The second kappa shape index (κ2) is 9.58. The van der Waals surface area contributed by atoms with E-state index >= 15 is 0 Å². The van der Waals surface area contributed by atoms with Crippen molar-refractivity contribution in [2.45, 2.75) is 12.8 Å². The summed E-state index contributed by atoms with van der Waals surface area (Å²) in [6.07, 6.45) is 2.67. The topological polar surface area (TPSA) is 123 Å². The van der Waals surface area contributed by atoms with E-state index in [9.17, 15) is 19.8 Å². The normalized spacial score (nSPS) is 10.9. The Balaban J connectivity index is 1.69. The summed E-state index contributed by atoms with van der Waals surface area (Å²) in [6.45, 7) is 0. The van der Waals surface area contributed by atoms with E-state index in [1.54, 1.807) is 24.3 Å². The lowest BCUT2D eigenvalue weighted by Gasteiger charge is -2.00. The smallest absolute Gasteiger partial charge is 0.240 e. The summed E-state index contributed by atoms with van der Waals surface area (Å²) in [6, 6.07) is 12.8. The molecular weight excluding hydrogens is 336 g/mol. The molecule has 2 aromatic carbocycles. The highest BCUT2D eigenvalue weighted by Crippen LogP contribution is 2.09. The number of nitrogens with zero attached hydrogens (tertiary/aromatic N) is 2. The van der Waals surface area contributed by atoms with Crippen molar-refractivity contribution in [2.24, 2.45) is 10.2 Å². The summed E-state index contributed by atoms with van der Waals surface area (Å²) >= 11 is 0. The zero-order chi connectivity index (χ0) is 18.8. The van der Waals surface area contributed by atoms with Crippen LogP contribution in [0.2, 0.25) is 0 Å². The van der Waals surface area contributed by atoms with Gasteiger partial charge in [0.25, 0.3) is 0 Å². The van der Waals surface area contributed by atoms with Gasteiger partial charge in [0.15, 0.2) is 0 Å². The molecule has 0 heterocycles. The quantitative estimate of drug-likeness (QED) is 0.444. The Morgan fingerprint density at radius 3 is 1.62 bits per heavy atom. The van der Waals surface area contributed by atoms with Gasteiger partial charge in [0.05, 0.1) is 12.4 Å². The molecule has 2 aromatic rings. The van der Waals surface area contributed by atoms with Crippen LogP contribution < -0.4 is 10.9 Å². The number of aromatic hydroxyl groups is 2. The number of benzene rings is 2. The molecule has 0 radical (unpaired) electrons. The fraction of sp³-hybridized carbons (Fsp3) is 0.111. The van der Waals surface area contributed by atoms with Crippen LogP contribution in [-0.2, 0) is 9.59 Å². The third-order valence-electron chi connectivity index (χ3n) is 3.13. The number of phenolic OH excluding ortho intramolecular Hbond substituents is 2. The number of hydrogen-bond donors (Lipinski definition) is 4. The minimum absolute atomic E-state index is 0.0507. The molecule has 2 rings (SSSR count). The number of hydrazone groups is 2. The fourth-order valence-electron chi connectivity index (χ4n) is 1.91. The van der Waals surface area contributed by atoms with Crippen molar-refractivity contribution in [1.29, 1.82) is 0 Å². The molecule has 0 unspecified atom stereocenters. The number of amides is 2. The summed E-state index contributed by atoms with van der Waals surface area (Å²) in [7, 11) is 0. The summed E-state index contributed by atoms with van der Waals surface area (Å²) < 4.78 is 0. The third-order valence-corrected chi connectivity index (χ3v) is 3.13. The molecule has 2 amide bonds. The van der Waals surface area contributed by atoms with Crippen LogP contribution in [0.4, 0.5) is 0 Å². The number of hydrogen-bond acceptors (Lipinski definition) is 6. The fourth-order valence-corrected chi connectivity index (χ4v) is 1.91. The van der Waals surface area contributed by atoms with Gasteiger partial charge in [0.1, 0.15) is 11.5 Å². The predicted octanol–water partition coefficient (Wildman–Crippen LogP) is 1.48. The van der Waals surface area contributed by atoms with Gasteiger partial charge in [-0.2, -0.15) is 10.2 Å². The molecule has 0 aliphatic heterocycles. The number of carbonyl (C=O) groups excluding carboxylic acids is 2. The van der Waals surface area contributed by atoms with Crippen LogP contribution in [0.15, 0.2) is 58.7 Å². The van der Waals surface area contributed by atoms with Gasteiger partial charge in [-0.1, -0.05) is 24.3 Å². The van der Waals surface area contributed by atoms with Crippen molar-refractivity contribution in [3.05, 3.63) is 59.7 Å². The lowest BCUT2D eigenvalue weighted by atomic mass is 10.2. The molecule has 0 aromatic heterocycles. The molecule has 0 saturated heterocycles. The molecule has 4 N–H and O–H groups in total. The second-order valence-corrected chi connectivity index (χ2v) is 5.28. The van der Waals surface area contributed by atoms with Crippen LogP contribution in [0.3, 0.4) is 0 Å². The first-order chi connectivity index (χ1) is 12.5. The highest BCUT2D eigenvalue weighted by molar-refractivity contribution is 5.86. The molecule has 0 atom stereocenters. The van der Waals surface area contributed by atoms with Gasteiger partial charge in [-0.05, 0) is 35.4 Å². The first-order valence-electron chi connectivity index (χ1n) is 7.75. The molecule has 134 valence electrons. The van der Waals surface area contributed by atoms with E-state index in [1.165, 1.54) is 36.7 Å². The van der Waals surface area contributed by atoms with E-state index in [2.05, 4.69) is 21.1 Å². The van der Waals surface area contributed by atoms with E-state index in [-0.39, 0.29) is 24.3 Å². The van der Waals surface area contributed by atoms with Crippen LogP contribution in [0.5, 0.6) is 11.5 Å². The molecule has 0 bridgehead atoms. The minimum Gasteiger partial charge on any atom is -0.508 e. The van der Waals surface area contributed by atoms with Crippen LogP contribution in [0, 0.1) is 0 Å². The Labute approximate surface area is 149 Å². The standard InChI is InChI=1S/C18H18N4O4/c23-15-5-1-3-13(9-15)11-19-21-17(25)7-8-18(26)22-20-12-14-4-2-6-16(24)10-14/h1-6,9-12,23-24H,7-8H2,(H,21,25)(H,22,26)/b19-11-,20-12+. The third kappa shape index (κ3) is 6.83. The number of nitrogens with one attached hydrogen (secondary N) is 2. The zero-order valence-electron chi connectivity index (χ0n) is 13.8. The summed E-state index contributed by atoms with van der Waals surface area (Å²) in [5, 5.41) is 26.1. The van der Waals surface area contributed by atoms with E-state index in [1.807, 2.05) is 0 Å². The summed E-state index contributed by atoms with van der Waals surface area (Å²) in [4.78, 5) is 23.2. The molecule has 0 saturated carbocycles. The Morgan fingerprint density at radius 2 is 1.23 bits per heavy atom. The largest absolute Gasteiger partial charge is 0.508 e. The highest BCUT2D eigenvalue weighted by atomic mass is 16.3. The monoisotopic (exact) mass is 354 g/mol. The summed E-state index contributed by atoms with van der Waals surface area (Å²) in [5.74, 6) is -0.645. The van der Waals surface area contributed by atoms with E-state index in [0.717, 1.165) is 0 Å². The number of phenols is 2. The minimum atomic E-state index is -0.423. The SMILES string of the molecule is O=C(CCC(=O)N/N=C/c1cccc(O)c1)N/N=C\c1cccc(O)c1. The number of carbonyl (C=O) groups is 2. The summed E-state index contributed by atoms with van der Waals surface area (Å²) in [5.41, 5.74) is 5.85. The van der Waals surface area contributed by atoms with Crippen molar-refractivity contribution in [3.63, 3.8) is 0 Å². The van der Waals surface area contributed by atoms with Crippen molar-refractivity contribution in [3.8, 4) is 11.5 Å². The van der Waals surface area contributed by atoms with Crippen molar-refractivity contribution < 1.29 is 19.8 Å². The van der Waals surface area contributed by atoms with Gasteiger partial charge in [-0.3, -0.25) is 9.59 Å². The van der Waals surface area contributed by atoms with Crippen molar-refractivity contribution in [2.75, 3.05) is 0 Å². The van der Waals surface area contributed by atoms with Crippen LogP contribution >= 0.6 is 0 Å². The molecule has 8 heteroatoms. The molecule has 8 nitrogen and oxygen atoms in total. The van der Waals surface area contributed by atoms with Crippen molar-refractivity contribution in [1.82, 2.24) is 10.9 Å². The Kier molecular flexibility index (Phi) is 6.87. The van der Waals surface area contributed by atoms with Crippen LogP contribution in [-0.4, -0.2) is 34.5 Å². The molecule has 0 fully saturated rings. The van der Waals surface area contributed by atoms with Gasteiger partial charge < -0.3 is 10.2 Å². The van der Waals surface area contributed by atoms with Gasteiger partial charge >= 0.3 is 0 Å².